The molecule has 0 aromatic rings. The van der Waals surface area contributed by atoms with Crippen LogP contribution in [0.2, 0.25) is 0 Å². The molecular weight excluding hydrogens is 200 g/mol. The Morgan fingerprint density at radius 1 is 1.31 bits per heavy atom. The van der Waals surface area contributed by atoms with Gasteiger partial charge in [-0.1, -0.05) is 13.3 Å². The van der Waals surface area contributed by atoms with E-state index in [4.69, 9.17) is 0 Å². The van der Waals surface area contributed by atoms with Crippen molar-refractivity contribution in [3.8, 4) is 0 Å². The number of hydrogen-bond donors (Lipinski definition) is 1. The molecule has 2 fully saturated rings. The van der Waals surface area contributed by atoms with Crippen LogP contribution < -0.4 is 5.32 Å². The van der Waals surface area contributed by atoms with E-state index in [1.165, 1.54) is 25.7 Å². The van der Waals surface area contributed by atoms with E-state index in [9.17, 15) is 4.79 Å². The minimum atomic E-state index is 0.0965. The Labute approximate surface area is 98.6 Å². The van der Waals surface area contributed by atoms with Gasteiger partial charge in [-0.15, -0.1) is 0 Å². The summed E-state index contributed by atoms with van der Waals surface area (Å²) >= 11 is 0. The van der Waals surface area contributed by atoms with E-state index in [0.29, 0.717) is 11.9 Å². The maximum absolute atomic E-state index is 12.3. The summed E-state index contributed by atoms with van der Waals surface area (Å²) in [4.78, 5) is 14.4. The number of carbonyl (C=O) groups is 1. The van der Waals surface area contributed by atoms with Crippen LogP contribution in [-0.4, -0.2) is 36.0 Å². The second kappa shape index (κ2) is 5.17. The van der Waals surface area contributed by atoms with Gasteiger partial charge >= 0.3 is 0 Å². The summed E-state index contributed by atoms with van der Waals surface area (Å²) in [6, 6.07) is 0.653. The first-order valence-electron chi connectivity index (χ1n) is 6.80. The highest BCUT2D eigenvalue weighted by molar-refractivity contribution is 5.82. The SMILES string of the molecule is CCC1CCNC(C(=O)N(CC)C2CC2)C1. The molecule has 0 aromatic heterocycles. The molecule has 1 aliphatic heterocycles. The van der Waals surface area contributed by atoms with Crippen molar-refractivity contribution in [2.75, 3.05) is 13.1 Å². The van der Waals surface area contributed by atoms with Gasteiger partial charge < -0.3 is 10.2 Å². The van der Waals surface area contributed by atoms with Crippen LogP contribution in [0.15, 0.2) is 0 Å². The lowest BCUT2D eigenvalue weighted by Gasteiger charge is -2.33. The molecule has 3 nitrogen and oxygen atoms in total. The lowest BCUT2D eigenvalue weighted by atomic mass is 9.90. The number of likely N-dealkylation sites (N-methyl/N-ethyl adjacent to an activating group) is 1. The summed E-state index contributed by atoms with van der Waals surface area (Å²) in [7, 11) is 0. The second-order valence-corrected chi connectivity index (χ2v) is 5.16. The van der Waals surface area contributed by atoms with Crippen molar-refractivity contribution < 1.29 is 4.79 Å². The number of hydrogen-bond acceptors (Lipinski definition) is 2. The molecule has 1 saturated carbocycles. The molecule has 0 aromatic carbocycles. The fourth-order valence-electron chi connectivity index (χ4n) is 2.74. The van der Waals surface area contributed by atoms with E-state index < -0.39 is 0 Å². The van der Waals surface area contributed by atoms with Gasteiger partial charge in [0, 0.05) is 12.6 Å². The summed E-state index contributed by atoms with van der Waals surface area (Å²) in [5.74, 6) is 1.09. The monoisotopic (exact) mass is 224 g/mol. The molecule has 2 rings (SSSR count). The lowest BCUT2D eigenvalue weighted by molar-refractivity contribution is -0.134. The predicted octanol–water partition coefficient (Wildman–Crippen LogP) is 1.78. The quantitative estimate of drug-likeness (QED) is 0.789. The van der Waals surface area contributed by atoms with Crippen LogP contribution in [-0.2, 0) is 4.79 Å². The van der Waals surface area contributed by atoms with Crippen molar-refractivity contribution in [2.24, 2.45) is 5.92 Å². The van der Waals surface area contributed by atoms with Gasteiger partial charge in [0.05, 0.1) is 6.04 Å². The molecule has 16 heavy (non-hydrogen) atoms. The van der Waals surface area contributed by atoms with Gasteiger partial charge in [-0.2, -0.15) is 0 Å². The topological polar surface area (TPSA) is 32.3 Å². The fraction of sp³-hybridized carbons (Fsp3) is 0.923. The van der Waals surface area contributed by atoms with Crippen LogP contribution in [0.1, 0.15) is 46.0 Å². The molecule has 0 bridgehead atoms. The van der Waals surface area contributed by atoms with Crippen molar-refractivity contribution in [3.05, 3.63) is 0 Å². The zero-order valence-electron chi connectivity index (χ0n) is 10.5. The first-order chi connectivity index (χ1) is 7.76. The van der Waals surface area contributed by atoms with E-state index in [2.05, 4.69) is 24.1 Å². The Morgan fingerprint density at radius 2 is 2.06 bits per heavy atom. The number of amides is 1. The smallest absolute Gasteiger partial charge is 0.239 e. The summed E-state index contributed by atoms with van der Waals surface area (Å²) in [6.45, 7) is 6.21. The number of carbonyl (C=O) groups excluding carboxylic acids is 1. The first-order valence-corrected chi connectivity index (χ1v) is 6.80. The van der Waals surface area contributed by atoms with E-state index in [1.54, 1.807) is 0 Å². The van der Waals surface area contributed by atoms with Crippen LogP contribution in [0.25, 0.3) is 0 Å². The van der Waals surface area contributed by atoms with Crippen LogP contribution in [0.3, 0.4) is 0 Å². The predicted molar refractivity (Wildman–Crippen MR) is 65.2 cm³/mol. The Hall–Kier alpha value is -0.570. The molecule has 1 amide bonds. The number of piperidine rings is 1. The summed E-state index contributed by atoms with van der Waals surface area (Å²) in [5.41, 5.74) is 0. The highest BCUT2D eigenvalue weighted by Gasteiger charge is 2.36. The first kappa shape index (κ1) is 11.9. The number of nitrogens with one attached hydrogen (secondary N) is 1. The molecule has 2 aliphatic rings. The Bertz CT molecular complexity index is 250. The Morgan fingerprint density at radius 3 is 2.62 bits per heavy atom. The largest absolute Gasteiger partial charge is 0.339 e. The van der Waals surface area contributed by atoms with E-state index in [-0.39, 0.29) is 6.04 Å². The van der Waals surface area contributed by atoms with E-state index >= 15 is 0 Å². The minimum Gasteiger partial charge on any atom is -0.339 e. The van der Waals surface area contributed by atoms with Gasteiger partial charge in [0.25, 0.3) is 0 Å². The van der Waals surface area contributed by atoms with Crippen LogP contribution in [0.4, 0.5) is 0 Å². The fourth-order valence-corrected chi connectivity index (χ4v) is 2.74. The van der Waals surface area contributed by atoms with E-state index in [0.717, 1.165) is 25.4 Å². The molecule has 1 heterocycles. The van der Waals surface area contributed by atoms with Gasteiger partial charge in [0.1, 0.15) is 0 Å². The minimum absolute atomic E-state index is 0.0965. The molecule has 0 spiro atoms. The molecule has 1 aliphatic carbocycles. The van der Waals surface area contributed by atoms with E-state index in [1.807, 2.05) is 0 Å². The van der Waals surface area contributed by atoms with Crippen molar-refractivity contribution >= 4 is 5.91 Å². The van der Waals surface area contributed by atoms with Crippen LogP contribution in [0.5, 0.6) is 0 Å². The van der Waals surface area contributed by atoms with Gasteiger partial charge in [-0.3, -0.25) is 4.79 Å². The van der Waals surface area contributed by atoms with Gasteiger partial charge in [-0.05, 0) is 45.1 Å². The molecule has 1 saturated heterocycles. The van der Waals surface area contributed by atoms with Gasteiger partial charge in [-0.25, -0.2) is 0 Å². The molecular formula is C13H24N2O. The number of rotatable bonds is 4. The third kappa shape index (κ3) is 2.57. The molecule has 2 atom stereocenters. The third-order valence-corrected chi connectivity index (χ3v) is 4.00. The zero-order chi connectivity index (χ0) is 11.5. The van der Waals surface area contributed by atoms with Crippen molar-refractivity contribution in [1.82, 2.24) is 10.2 Å². The summed E-state index contributed by atoms with van der Waals surface area (Å²) < 4.78 is 0. The maximum Gasteiger partial charge on any atom is 0.239 e. The Balaban J connectivity index is 1.91. The van der Waals surface area contributed by atoms with Crippen LogP contribution in [0, 0.1) is 5.92 Å². The molecule has 1 N–H and O–H groups in total. The van der Waals surface area contributed by atoms with Crippen molar-refractivity contribution in [1.29, 1.82) is 0 Å². The molecule has 92 valence electrons. The number of nitrogens with zero attached hydrogens (tertiary/aromatic N) is 1. The summed E-state index contributed by atoms with van der Waals surface area (Å²) in [6.07, 6.45) is 5.91. The second-order valence-electron chi connectivity index (χ2n) is 5.16. The zero-order valence-corrected chi connectivity index (χ0v) is 10.5. The molecule has 3 heteroatoms. The third-order valence-electron chi connectivity index (χ3n) is 4.00. The molecule has 2 unspecified atom stereocenters. The lowest BCUT2D eigenvalue weighted by Crippen LogP contribution is -2.50. The average Bonchev–Trinajstić information content (AvgIpc) is 3.14. The highest BCUT2D eigenvalue weighted by Crippen LogP contribution is 2.28. The molecule has 0 radical (unpaired) electrons. The van der Waals surface area contributed by atoms with Crippen LogP contribution >= 0.6 is 0 Å². The highest BCUT2D eigenvalue weighted by atomic mass is 16.2. The Kier molecular flexibility index (Phi) is 3.85. The average molecular weight is 224 g/mol. The summed E-state index contributed by atoms with van der Waals surface area (Å²) in [5, 5.41) is 3.39. The van der Waals surface area contributed by atoms with Crippen molar-refractivity contribution in [3.63, 3.8) is 0 Å². The maximum atomic E-state index is 12.3. The van der Waals surface area contributed by atoms with Gasteiger partial charge in [0.2, 0.25) is 5.91 Å². The van der Waals surface area contributed by atoms with Crippen molar-refractivity contribution in [2.45, 2.75) is 58.0 Å². The standard InChI is InChI=1S/C13H24N2O/c1-3-10-7-8-14-12(9-10)13(16)15(4-2)11-5-6-11/h10-12,14H,3-9H2,1-2H3. The normalized spacial score (nSPS) is 30.1. The van der Waals surface area contributed by atoms with Gasteiger partial charge in [0.15, 0.2) is 0 Å².